The van der Waals surface area contributed by atoms with Crippen LogP contribution in [0.3, 0.4) is 0 Å². The fraction of sp³-hybridized carbons (Fsp3) is 0.529. The van der Waals surface area contributed by atoms with E-state index in [2.05, 4.69) is 22.5 Å². The number of hydrogen-bond donors (Lipinski definition) is 2. The summed E-state index contributed by atoms with van der Waals surface area (Å²) in [5.41, 5.74) is 1.52. The Hall–Kier alpha value is -1.63. The van der Waals surface area contributed by atoms with Crippen LogP contribution >= 0.6 is 12.4 Å². The first-order chi connectivity index (χ1) is 11.1. The zero-order chi connectivity index (χ0) is 16.2. The van der Waals surface area contributed by atoms with Crippen molar-refractivity contribution in [3.8, 4) is 0 Å². The molecule has 0 aromatic heterocycles. The minimum absolute atomic E-state index is 0. The van der Waals surface area contributed by atoms with E-state index in [1.165, 1.54) is 0 Å². The highest BCUT2D eigenvalue weighted by Crippen LogP contribution is 2.29. The van der Waals surface area contributed by atoms with Gasteiger partial charge in [-0.1, -0.05) is 12.1 Å². The number of para-hydroxylation sites is 2. The molecule has 0 saturated carbocycles. The fourth-order valence-electron chi connectivity index (χ4n) is 3.21. The van der Waals surface area contributed by atoms with E-state index in [0.717, 1.165) is 44.0 Å². The van der Waals surface area contributed by atoms with Crippen molar-refractivity contribution in [2.45, 2.75) is 25.8 Å². The quantitative estimate of drug-likeness (QED) is 0.861. The number of anilines is 2. The molecule has 0 bridgehead atoms. The first-order valence-corrected chi connectivity index (χ1v) is 8.29. The van der Waals surface area contributed by atoms with Crippen LogP contribution in [0, 0.1) is 0 Å². The minimum Gasteiger partial charge on any atom is -0.323 e. The smallest absolute Gasteiger partial charge is 0.238 e. The van der Waals surface area contributed by atoms with Gasteiger partial charge in [-0.15, -0.1) is 12.4 Å². The van der Waals surface area contributed by atoms with Gasteiger partial charge >= 0.3 is 0 Å². The van der Waals surface area contributed by atoms with Gasteiger partial charge in [-0.05, 0) is 25.5 Å². The van der Waals surface area contributed by atoms with Crippen molar-refractivity contribution in [3.63, 3.8) is 0 Å². The second-order valence-corrected chi connectivity index (χ2v) is 6.24. The molecule has 2 heterocycles. The first-order valence-electron chi connectivity index (χ1n) is 8.29. The highest BCUT2D eigenvalue weighted by Gasteiger charge is 2.25. The van der Waals surface area contributed by atoms with Crippen LogP contribution in [0.2, 0.25) is 0 Å². The third kappa shape index (κ3) is 4.26. The average Bonchev–Trinajstić information content (AvgIpc) is 2.96. The predicted molar refractivity (Wildman–Crippen MR) is 97.8 cm³/mol. The standard InChI is InChI=1S/C17H24N4O2.ClH/c1-13-11-18-8-10-20(13)12-16(22)19-14-5-2-3-6-15(14)21-9-4-7-17(21)23;/h2-3,5-6,13,18H,4,7-12H2,1H3,(H,19,22);1H/t13-;/m1./s1. The number of hydrogen-bond acceptors (Lipinski definition) is 4. The van der Waals surface area contributed by atoms with Crippen molar-refractivity contribution in [2.75, 3.05) is 42.9 Å². The molecule has 1 aromatic rings. The number of halogens is 1. The lowest BCUT2D eigenvalue weighted by molar-refractivity contribution is -0.118. The molecule has 2 aliphatic heterocycles. The van der Waals surface area contributed by atoms with Crippen LogP contribution in [-0.4, -0.2) is 55.5 Å². The van der Waals surface area contributed by atoms with Gasteiger partial charge in [-0.25, -0.2) is 0 Å². The SMILES string of the molecule is C[C@@H]1CNCCN1CC(=O)Nc1ccccc1N1CCCC1=O.Cl. The Kier molecular flexibility index (Phi) is 6.60. The third-order valence-corrected chi connectivity index (χ3v) is 4.53. The molecule has 0 unspecified atom stereocenters. The van der Waals surface area contributed by atoms with E-state index in [9.17, 15) is 9.59 Å². The lowest BCUT2D eigenvalue weighted by atomic mass is 10.2. The molecule has 1 atom stereocenters. The average molecular weight is 353 g/mol. The number of rotatable bonds is 4. The molecular weight excluding hydrogens is 328 g/mol. The lowest BCUT2D eigenvalue weighted by Gasteiger charge is -2.33. The number of nitrogens with one attached hydrogen (secondary N) is 2. The van der Waals surface area contributed by atoms with Gasteiger partial charge < -0.3 is 15.5 Å². The summed E-state index contributed by atoms with van der Waals surface area (Å²) in [6.45, 7) is 5.92. The summed E-state index contributed by atoms with van der Waals surface area (Å²) in [6, 6.07) is 7.89. The van der Waals surface area contributed by atoms with Crippen LogP contribution in [0.1, 0.15) is 19.8 Å². The van der Waals surface area contributed by atoms with E-state index >= 15 is 0 Å². The zero-order valence-corrected chi connectivity index (χ0v) is 14.8. The monoisotopic (exact) mass is 352 g/mol. The maximum Gasteiger partial charge on any atom is 0.238 e. The zero-order valence-electron chi connectivity index (χ0n) is 14.0. The number of nitrogens with zero attached hydrogens (tertiary/aromatic N) is 2. The topological polar surface area (TPSA) is 64.7 Å². The Bertz CT molecular complexity index is 596. The molecule has 2 saturated heterocycles. The molecule has 3 rings (SSSR count). The van der Waals surface area contributed by atoms with Crippen molar-refractivity contribution in [1.29, 1.82) is 0 Å². The molecule has 2 N–H and O–H groups in total. The summed E-state index contributed by atoms with van der Waals surface area (Å²) in [5, 5.41) is 6.30. The molecule has 6 nitrogen and oxygen atoms in total. The van der Waals surface area contributed by atoms with Gasteiger partial charge in [0.05, 0.1) is 17.9 Å². The Morgan fingerprint density at radius 2 is 2.12 bits per heavy atom. The molecule has 0 radical (unpaired) electrons. The van der Waals surface area contributed by atoms with E-state index in [1.54, 1.807) is 4.90 Å². The Labute approximate surface area is 149 Å². The van der Waals surface area contributed by atoms with Crippen molar-refractivity contribution in [3.05, 3.63) is 24.3 Å². The second kappa shape index (κ2) is 8.46. The van der Waals surface area contributed by atoms with Gasteiger partial charge in [0, 0.05) is 38.6 Å². The highest BCUT2D eigenvalue weighted by molar-refractivity contribution is 6.02. The van der Waals surface area contributed by atoms with Crippen molar-refractivity contribution < 1.29 is 9.59 Å². The first kappa shape index (κ1) is 18.7. The fourth-order valence-corrected chi connectivity index (χ4v) is 3.21. The molecule has 0 spiro atoms. The molecule has 132 valence electrons. The number of benzene rings is 1. The number of carbonyl (C=O) groups excluding carboxylic acids is 2. The Morgan fingerprint density at radius 3 is 2.83 bits per heavy atom. The van der Waals surface area contributed by atoms with Crippen LogP contribution in [-0.2, 0) is 9.59 Å². The van der Waals surface area contributed by atoms with E-state index < -0.39 is 0 Å². The molecule has 0 aliphatic carbocycles. The molecule has 24 heavy (non-hydrogen) atoms. The maximum atomic E-state index is 12.4. The summed E-state index contributed by atoms with van der Waals surface area (Å²) in [4.78, 5) is 28.3. The summed E-state index contributed by atoms with van der Waals surface area (Å²) in [6.07, 6.45) is 1.46. The normalized spacial score (nSPS) is 21.5. The van der Waals surface area contributed by atoms with Crippen molar-refractivity contribution in [1.82, 2.24) is 10.2 Å². The molecule has 2 aliphatic rings. The van der Waals surface area contributed by atoms with E-state index in [0.29, 0.717) is 19.0 Å². The van der Waals surface area contributed by atoms with E-state index in [1.807, 2.05) is 24.3 Å². The molecule has 7 heteroatoms. The number of piperazine rings is 1. The largest absolute Gasteiger partial charge is 0.323 e. The van der Waals surface area contributed by atoms with Crippen molar-refractivity contribution in [2.24, 2.45) is 0 Å². The lowest BCUT2D eigenvalue weighted by Crippen LogP contribution is -2.52. The van der Waals surface area contributed by atoms with Gasteiger partial charge in [-0.2, -0.15) is 0 Å². The predicted octanol–water partition coefficient (Wildman–Crippen LogP) is 1.47. The number of amides is 2. The maximum absolute atomic E-state index is 12.4. The summed E-state index contributed by atoms with van der Waals surface area (Å²) >= 11 is 0. The highest BCUT2D eigenvalue weighted by atomic mass is 35.5. The summed E-state index contributed by atoms with van der Waals surface area (Å²) in [5.74, 6) is 0.0975. The number of carbonyl (C=O) groups is 2. The van der Waals surface area contributed by atoms with Gasteiger partial charge in [0.2, 0.25) is 11.8 Å². The molecule has 2 amide bonds. The van der Waals surface area contributed by atoms with Crippen LogP contribution in [0.5, 0.6) is 0 Å². The van der Waals surface area contributed by atoms with Crippen LogP contribution in [0.4, 0.5) is 11.4 Å². The Morgan fingerprint density at radius 1 is 1.33 bits per heavy atom. The molecule has 2 fully saturated rings. The van der Waals surface area contributed by atoms with Crippen molar-refractivity contribution >= 4 is 35.6 Å². The van der Waals surface area contributed by atoms with Crippen LogP contribution < -0.4 is 15.5 Å². The minimum atomic E-state index is -0.0298. The van der Waals surface area contributed by atoms with Gasteiger partial charge in [0.15, 0.2) is 0 Å². The van der Waals surface area contributed by atoms with E-state index in [4.69, 9.17) is 0 Å². The third-order valence-electron chi connectivity index (χ3n) is 4.53. The Balaban J connectivity index is 0.00000208. The van der Waals surface area contributed by atoms with E-state index in [-0.39, 0.29) is 24.2 Å². The van der Waals surface area contributed by atoms with Crippen LogP contribution in [0.25, 0.3) is 0 Å². The van der Waals surface area contributed by atoms with Crippen LogP contribution in [0.15, 0.2) is 24.3 Å². The second-order valence-electron chi connectivity index (χ2n) is 6.24. The van der Waals surface area contributed by atoms with Gasteiger partial charge in [0.25, 0.3) is 0 Å². The summed E-state index contributed by atoms with van der Waals surface area (Å²) < 4.78 is 0. The van der Waals surface area contributed by atoms with Gasteiger partial charge in [0.1, 0.15) is 0 Å². The summed E-state index contributed by atoms with van der Waals surface area (Å²) in [7, 11) is 0. The molecular formula is C17H25ClN4O2. The van der Waals surface area contributed by atoms with Gasteiger partial charge in [-0.3, -0.25) is 14.5 Å². The molecule has 1 aromatic carbocycles.